The number of aliphatic hydroxyl groups is 1. The van der Waals surface area contributed by atoms with E-state index in [1.54, 1.807) is 124 Å². The smallest absolute Gasteiger partial charge is 0.337 e. The van der Waals surface area contributed by atoms with Crippen molar-refractivity contribution in [3.05, 3.63) is 257 Å². The van der Waals surface area contributed by atoms with Crippen molar-refractivity contribution in [2.75, 3.05) is 50.8 Å². The van der Waals surface area contributed by atoms with Crippen molar-refractivity contribution in [1.82, 2.24) is 18.9 Å². The molecule has 3 amide bonds. The number of anilines is 3. The molecule has 0 radical (unpaired) electrons. The standard InChI is InChI=1S/C21H20FIN4O3.C14H13FIN3O2.C12H9FINO2.C11H8FIN2O2.C8H7FINO.C6H5FIN/c1-25(2)13-24-19-11-20(28)26(12-14-4-7-16(30-3)8-5-14)21(29)27(19)18-9-6-15(23)10-17(18)22;1-18(2)8-17-13-6-10(20)7-14(21)19(13)12-4-3-9(16)5-11(12)15;13-12-6-9(14)2-1-8(12)5-11(17)7-10(16)3-4-15;12-8-3-6(13)1-2-9(8)15-10(14)4-7(16)5-11(15)17;9-7-4-6(10)2-1-5(7)3-8(11)12;7-5-3-4(8)1-2-6(5)9/h4-11,13H,12H2,1-3H3;3-6,8H,7H2,1-2H3;1-2,6H,3,5,7H2;1-4,14,16H,5H2;1-2,4H,3H2,(H2,11,12);1-3H,9H2. The molecule has 6 N–H and O–H groups in total. The number of nitrogens with one attached hydrogen (secondary N) is 1. The maximum Gasteiger partial charge on any atom is 0.337 e. The highest BCUT2D eigenvalue weighted by Crippen LogP contribution is 2.30. The van der Waals surface area contributed by atoms with Gasteiger partial charge in [0.15, 0.2) is 11.6 Å². The van der Waals surface area contributed by atoms with Crippen LogP contribution in [0.15, 0.2) is 183 Å². The number of carbonyl (C=O) groups is 6. The second-order valence-electron chi connectivity index (χ2n) is 22.4. The van der Waals surface area contributed by atoms with Crippen molar-refractivity contribution in [2.45, 2.75) is 45.1 Å². The largest absolute Gasteiger partial charge is 0.512 e. The average Bonchev–Trinajstić information content (AvgIpc) is 0.773. The molecule has 0 saturated heterocycles. The topological polar surface area (TPSA) is 313 Å². The Kier molecular flexibility index (Phi) is 35.6. The number of amidine groups is 1. The van der Waals surface area contributed by atoms with Crippen molar-refractivity contribution < 1.29 is 65.0 Å². The van der Waals surface area contributed by atoms with Crippen LogP contribution in [0.2, 0.25) is 0 Å². The zero-order chi connectivity index (χ0) is 78.8. The number of allylic oxidation sites excluding steroid dienone is 1. The monoisotopic (exact) mass is 2130 g/mol. The van der Waals surface area contributed by atoms with Crippen molar-refractivity contribution in [3.63, 3.8) is 0 Å². The summed E-state index contributed by atoms with van der Waals surface area (Å²) in [5.74, 6) is -5.10. The maximum absolute atomic E-state index is 14.7. The Morgan fingerprint density at radius 2 is 1.05 bits per heavy atom. The van der Waals surface area contributed by atoms with Crippen molar-refractivity contribution in [3.8, 4) is 17.5 Å². The minimum atomic E-state index is -0.677. The number of aliphatic hydroxyl groups excluding tert-OH is 1. The molecule has 0 fully saturated rings. The van der Waals surface area contributed by atoms with Crippen LogP contribution in [0.25, 0.3) is 5.69 Å². The third-order valence-corrected chi connectivity index (χ3v) is 17.6. The molecular weight excluding hydrogens is 2070 g/mol. The Morgan fingerprint density at radius 1 is 0.594 bits per heavy atom. The van der Waals surface area contributed by atoms with Gasteiger partial charge in [-0.15, -0.1) is 0 Å². The number of carbonyl (C=O) groups excluding carboxylic acids is 6. The summed E-state index contributed by atoms with van der Waals surface area (Å²) in [6.07, 6.45) is 4.05. The number of amides is 3. The third-order valence-electron chi connectivity index (χ3n) is 13.6. The van der Waals surface area contributed by atoms with Gasteiger partial charge in [0, 0.05) is 74.3 Å². The van der Waals surface area contributed by atoms with E-state index in [4.69, 9.17) is 26.9 Å². The Bertz CT molecular complexity index is 4920. The van der Waals surface area contributed by atoms with Crippen LogP contribution in [0.5, 0.6) is 5.75 Å². The van der Waals surface area contributed by atoms with Crippen molar-refractivity contribution in [2.24, 2.45) is 15.7 Å². The van der Waals surface area contributed by atoms with Gasteiger partial charge in [0.25, 0.3) is 5.56 Å². The number of primary amides is 1. The summed E-state index contributed by atoms with van der Waals surface area (Å²) in [5, 5.41) is 25.1. The number of nitrogen functional groups attached to an aromatic ring is 1. The number of ketones is 3. The molecule has 3 heterocycles. The summed E-state index contributed by atoms with van der Waals surface area (Å²) in [4.78, 5) is 108. The molecule has 0 saturated carbocycles. The predicted molar refractivity (Wildman–Crippen MR) is 442 cm³/mol. The number of ether oxygens (including phenoxy) is 1. The first-order valence-electron chi connectivity index (χ1n) is 30.4. The van der Waals surface area contributed by atoms with E-state index in [2.05, 4.69) is 9.98 Å². The van der Waals surface area contributed by atoms with Crippen LogP contribution in [0.3, 0.4) is 0 Å². The summed E-state index contributed by atoms with van der Waals surface area (Å²) in [5.41, 5.74) is 10.6. The van der Waals surface area contributed by atoms with Crippen LogP contribution in [-0.2, 0) is 48.2 Å². The fourth-order valence-electron chi connectivity index (χ4n) is 8.82. The predicted octanol–water partition coefficient (Wildman–Crippen LogP) is 13.7. The van der Waals surface area contributed by atoms with Crippen LogP contribution >= 0.6 is 136 Å². The molecule has 2 aliphatic heterocycles. The third kappa shape index (κ3) is 28.1. The zero-order valence-corrected chi connectivity index (χ0v) is 69.3. The number of aliphatic imine (C=N–C) groups is 2. The Morgan fingerprint density at radius 3 is 1.50 bits per heavy atom. The number of methoxy groups -OCH3 is 1. The van der Waals surface area contributed by atoms with Gasteiger partial charge in [-0.05, 0) is 261 Å². The van der Waals surface area contributed by atoms with E-state index in [-0.39, 0.29) is 120 Å². The van der Waals surface area contributed by atoms with Crippen LogP contribution in [-0.4, -0.2) is 113 Å². The number of nitrogens with two attached hydrogens (primary N) is 2. The minimum absolute atomic E-state index is 0.0230. The molecule has 0 spiro atoms. The quantitative estimate of drug-likeness (QED) is 0.0165. The molecular formula is C72H62F6I6N12O10. The van der Waals surface area contributed by atoms with Gasteiger partial charge in [-0.1, -0.05) is 24.3 Å². The fraction of sp³-hybridized carbons (Fsp3) is 0.167. The highest BCUT2D eigenvalue weighted by Gasteiger charge is 2.30. The van der Waals surface area contributed by atoms with Gasteiger partial charge in [0.1, 0.15) is 69.7 Å². The summed E-state index contributed by atoms with van der Waals surface area (Å²) >= 11 is 11.9. The zero-order valence-electron chi connectivity index (χ0n) is 56.4. The first-order valence-corrected chi connectivity index (χ1v) is 36.9. The Hall–Kier alpha value is -8.42. The molecule has 554 valence electrons. The molecule has 1 aromatic heterocycles. The molecule has 7 aromatic carbocycles. The molecule has 0 bridgehead atoms. The van der Waals surface area contributed by atoms with Crippen LogP contribution in [0.1, 0.15) is 42.4 Å². The number of nitrogens with zero attached hydrogens (tertiary/aromatic N) is 9. The Labute approximate surface area is 685 Å². The number of hydrogen-bond donors (Lipinski definition) is 4. The molecule has 0 aliphatic carbocycles. The number of benzene rings is 7. The summed E-state index contributed by atoms with van der Waals surface area (Å²) in [7, 11) is 8.57. The van der Waals surface area contributed by atoms with Gasteiger partial charge in [-0.3, -0.25) is 53.3 Å². The lowest BCUT2D eigenvalue weighted by atomic mass is 10.0. The van der Waals surface area contributed by atoms with E-state index in [1.165, 1.54) is 85.5 Å². The van der Waals surface area contributed by atoms with Gasteiger partial charge < -0.3 is 31.1 Å². The summed E-state index contributed by atoms with van der Waals surface area (Å²) < 4.78 is 93.2. The molecule has 0 atom stereocenters. The highest BCUT2D eigenvalue weighted by atomic mass is 127. The van der Waals surface area contributed by atoms with Gasteiger partial charge in [-0.2, -0.15) is 5.26 Å². The first-order chi connectivity index (χ1) is 50.0. The van der Waals surface area contributed by atoms with Crippen molar-refractivity contribution >= 4 is 212 Å². The summed E-state index contributed by atoms with van der Waals surface area (Å²) in [6.45, 7) is 0.0331. The van der Waals surface area contributed by atoms with Crippen LogP contribution < -0.4 is 37.3 Å². The van der Waals surface area contributed by atoms with E-state index < -0.39 is 58.0 Å². The second-order valence-corrected chi connectivity index (χ2v) is 29.9. The van der Waals surface area contributed by atoms with E-state index in [0.29, 0.717) is 18.5 Å². The normalized spacial score (nSPS) is 12.3. The number of halogens is 12. The molecule has 22 nitrogen and oxygen atoms in total. The Balaban J connectivity index is 0.000000237. The highest BCUT2D eigenvalue weighted by molar-refractivity contribution is 14.1. The van der Waals surface area contributed by atoms with Gasteiger partial charge >= 0.3 is 5.69 Å². The number of rotatable bonds is 17. The number of aromatic nitrogens is 2. The van der Waals surface area contributed by atoms with Crippen LogP contribution in [0.4, 0.5) is 49.2 Å². The molecule has 8 aromatic rings. The number of nitriles is 1. The van der Waals surface area contributed by atoms with Crippen LogP contribution in [0, 0.1) is 73.1 Å². The van der Waals surface area contributed by atoms with E-state index >= 15 is 0 Å². The van der Waals surface area contributed by atoms with E-state index in [0.717, 1.165) is 44.9 Å². The number of hydrogen-bond acceptors (Lipinski definition) is 15. The fourth-order valence-corrected chi connectivity index (χ4v) is 11.5. The maximum atomic E-state index is 14.7. The lowest BCUT2D eigenvalue weighted by Crippen LogP contribution is -2.39. The van der Waals surface area contributed by atoms with Gasteiger partial charge in [-0.25, -0.2) is 45.7 Å². The molecule has 34 heteroatoms. The van der Waals surface area contributed by atoms with E-state index in [9.17, 15) is 69.8 Å². The summed E-state index contributed by atoms with van der Waals surface area (Å²) in [6, 6.07) is 37.3. The number of Topliss-reactive ketones (excluding diaryl/α,β-unsaturated/α-hetero) is 2. The second kappa shape index (κ2) is 42.8. The van der Waals surface area contributed by atoms with Gasteiger partial charge in [0.2, 0.25) is 17.7 Å². The molecule has 10 rings (SSSR count). The SMILES string of the molecule is CN(C)C=NC1=CC(=O)CC(=O)N1c1ccc(I)cc1F.COc1ccc(Cn2c(=O)cc(N=CN(C)C)n(-c3ccc(I)cc3F)c2=O)cc1.N#CCC(=O)CC(=O)Cc1ccc(I)cc1F.N=C1C=C(O)CC(=O)N1c1ccc(I)cc1F.NC(=O)Cc1ccc(I)cc1F.Nc1ccc(I)cc1F. The minimum Gasteiger partial charge on any atom is -0.512 e. The molecule has 0 unspecified atom stereocenters. The lowest BCUT2D eigenvalue weighted by Gasteiger charge is -2.26. The molecule has 106 heavy (non-hydrogen) atoms. The van der Waals surface area contributed by atoms with E-state index in [1.807, 2.05) is 136 Å². The average molecular weight is 2130 g/mol. The lowest BCUT2D eigenvalue weighted by molar-refractivity contribution is -0.127. The molecule has 2 aliphatic rings. The van der Waals surface area contributed by atoms with Crippen molar-refractivity contribution in [1.29, 1.82) is 10.7 Å². The van der Waals surface area contributed by atoms with Gasteiger partial charge in [0.05, 0.1) is 87.3 Å². The first kappa shape index (κ1) is 88.2.